The summed E-state index contributed by atoms with van der Waals surface area (Å²) in [5, 5.41) is 14.6. The fourth-order valence-electron chi connectivity index (χ4n) is 4.68. The molecule has 2 aliphatic carbocycles. The highest BCUT2D eigenvalue weighted by Gasteiger charge is 2.47. The Balaban J connectivity index is 1.39. The molecular formula is C26H30N2O5. The number of carbonyl (C=O) groups excluding carboxylic acids is 2. The number of hydrogen-bond donors (Lipinski definition) is 3. The first-order chi connectivity index (χ1) is 15.7. The minimum absolute atomic E-state index is 0.0416. The molecule has 2 amide bonds. The van der Waals surface area contributed by atoms with E-state index in [9.17, 15) is 14.4 Å². The molecule has 4 rings (SSSR count). The highest BCUT2D eigenvalue weighted by Crippen LogP contribution is 2.44. The van der Waals surface area contributed by atoms with E-state index in [-0.39, 0.29) is 24.9 Å². The summed E-state index contributed by atoms with van der Waals surface area (Å²) in [5.41, 5.74) is 2.86. The number of rotatable bonds is 8. The fourth-order valence-corrected chi connectivity index (χ4v) is 4.68. The van der Waals surface area contributed by atoms with E-state index in [2.05, 4.69) is 34.9 Å². The van der Waals surface area contributed by atoms with Gasteiger partial charge in [0.05, 0.1) is 0 Å². The largest absolute Gasteiger partial charge is 0.481 e. The second-order valence-corrected chi connectivity index (χ2v) is 9.62. The number of carbonyl (C=O) groups is 3. The topological polar surface area (TPSA) is 105 Å². The van der Waals surface area contributed by atoms with Crippen LogP contribution in [0.1, 0.15) is 63.0 Å². The summed E-state index contributed by atoms with van der Waals surface area (Å²) in [6.45, 7) is 3.75. The lowest BCUT2D eigenvalue weighted by Gasteiger charge is -2.42. The van der Waals surface area contributed by atoms with Crippen molar-refractivity contribution >= 4 is 18.0 Å². The third-order valence-electron chi connectivity index (χ3n) is 6.74. The molecule has 33 heavy (non-hydrogen) atoms. The zero-order valence-electron chi connectivity index (χ0n) is 19.0. The van der Waals surface area contributed by atoms with E-state index >= 15 is 0 Å². The van der Waals surface area contributed by atoms with Gasteiger partial charge in [-0.3, -0.25) is 9.59 Å². The van der Waals surface area contributed by atoms with Gasteiger partial charge >= 0.3 is 12.1 Å². The van der Waals surface area contributed by atoms with Crippen LogP contribution in [0, 0.1) is 0 Å². The first-order valence-electron chi connectivity index (χ1n) is 11.4. The van der Waals surface area contributed by atoms with Gasteiger partial charge in [0, 0.05) is 17.9 Å². The zero-order chi connectivity index (χ0) is 23.6. The molecule has 0 bridgehead atoms. The normalized spacial score (nSPS) is 16.2. The quantitative estimate of drug-likeness (QED) is 0.559. The summed E-state index contributed by atoms with van der Waals surface area (Å²) >= 11 is 0. The Morgan fingerprint density at radius 2 is 1.61 bits per heavy atom. The monoisotopic (exact) mass is 450 g/mol. The van der Waals surface area contributed by atoms with Crippen LogP contribution in [0.15, 0.2) is 48.5 Å². The van der Waals surface area contributed by atoms with Gasteiger partial charge in [-0.2, -0.15) is 0 Å². The second-order valence-electron chi connectivity index (χ2n) is 9.62. The molecule has 0 aromatic heterocycles. The van der Waals surface area contributed by atoms with Gasteiger partial charge in [-0.15, -0.1) is 0 Å². The van der Waals surface area contributed by atoms with Crippen molar-refractivity contribution < 1.29 is 24.2 Å². The molecule has 0 radical (unpaired) electrons. The summed E-state index contributed by atoms with van der Waals surface area (Å²) in [6.07, 6.45) is 1.52. The predicted molar refractivity (Wildman–Crippen MR) is 124 cm³/mol. The predicted octanol–water partition coefficient (Wildman–Crippen LogP) is 4.21. The van der Waals surface area contributed by atoms with Gasteiger partial charge in [-0.25, -0.2) is 4.79 Å². The van der Waals surface area contributed by atoms with E-state index in [1.807, 2.05) is 24.3 Å². The molecule has 2 aromatic carbocycles. The van der Waals surface area contributed by atoms with Crippen molar-refractivity contribution in [3.8, 4) is 11.1 Å². The maximum Gasteiger partial charge on any atom is 0.408 e. The Bertz CT molecular complexity index is 1030. The molecule has 3 N–H and O–H groups in total. The second kappa shape index (κ2) is 8.89. The standard InChI is InChI=1S/C26H30N2O5/c1-25(2,15-12-22(29)30)27-23(31)26(13-7-14-26)28-24(32)33-16-21-19-10-5-3-8-17(19)18-9-4-6-11-20(18)21/h3-6,8-11,21H,7,12-16H2,1-2H3,(H,27,31)(H,28,32)(H,29,30). The third-order valence-corrected chi connectivity index (χ3v) is 6.74. The first-order valence-corrected chi connectivity index (χ1v) is 11.4. The van der Waals surface area contributed by atoms with Crippen LogP contribution in [0.3, 0.4) is 0 Å². The third kappa shape index (κ3) is 4.72. The summed E-state index contributed by atoms with van der Waals surface area (Å²) in [4.78, 5) is 36.6. The number of aliphatic carboxylic acids is 1. The van der Waals surface area contributed by atoms with E-state index in [0.717, 1.165) is 28.7 Å². The number of fused-ring (bicyclic) bond motifs is 3. The maximum absolute atomic E-state index is 13.0. The van der Waals surface area contributed by atoms with Gasteiger partial charge in [0.25, 0.3) is 0 Å². The average Bonchev–Trinajstić information content (AvgIpc) is 3.07. The van der Waals surface area contributed by atoms with Gasteiger partial charge in [-0.1, -0.05) is 48.5 Å². The molecule has 0 atom stereocenters. The number of hydrogen-bond acceptors (Lipinski definition) is 4. The molecule has 2 aliphatic rings. The van der Waals surface area contributed by atoms with Crippen LogP contribution in [-0.2, 0) is 14.3 Å². The number of carboxylic acid groups (broad SMARTS) is 1. The molecule has 0 aliphatic heterocycles. The van der Waals surface area contributed by atoms with Crippen molar-refractivity contribution in [3.63, 3.8) is 0 Å². The van der Waals surface area contributed by atoms with Crippen LogP contribution < -0.4 is 10.6 Å². The number of amides is 2. The molecule has 0 unspecified atom stereocenters. The Hall–Kier alpha value is -3.35. The summed E-state index contributed by atoms with van der Waals surface area (Å²) < 4.78 is 5.62. The van der Waals surface area contributed by atoms with Gasteiger partial charge in [0.1, 0.15) is 12.1 Å². The van der Waals surface area contributed by atoms with Crippen molar-refractivity contribution in [1.82, 2.24) is 10.6 Å². The Morgan fingerprint density at radius 3 is 2.12 bits per heavy atom. The number of nitrogens with one attached hydrogen (secondary N) is 2. The lowest BCUT2D eigenvalue weighted by atomic mass is 9.75. The van der Waals surface area contributed by atoms with E-state index in [1.165, 1.54) is 0 Å². The number of ether oxygens (including phenoxy) is 1. The number of alkyl carbamates (subject to hydrolysis) is 1. The van der Waals surface area contributed by atoms with Crippen LogP contribution in [0.5, 0.6) is 0 Å². The van der Waals surface area contributed by atoms with Crippen LogP contribution >= 0.6 is 0 Å². The smallest absolute Gasteiger partial charge is 0.408 e. The fraction of sp³-hybridized carbons (Fsp3) is 0.423. The minimum atomic E-state index is -1.01. The molecule has 174 valence electrons. The minimum Gasteiger partial charge on any atom is -0.481 e. The van der Waals surface area contributed by atoms with Crippen molar-refractivity contribution in [2.24, 2.45) is 0 Å². The van der Waals surface area contributed by atoms with Crippen molar-refractivity contribution in [1.29, 1.82) is 0 Å². The van der Waals surface area contributed by atoms with Gasteiger partial charge in [0.15, 0.2) is 0 Å². The zero-order valence-corrected chi connectivity index (χ0v) is 19.0. The van der Waals surface area contributed by atoms with Crippen molar-refractivity contribution in [2.45, 2.75) is 62.9 Å². The molecular weight excluding hydrogens is 420 g/mol. The molecule has 7 nitrogen and oxygen atoms in total. The van der Waals surface area contributed by atoms with Crippen LogP contribution in [0.25, 0.3) is 11.1 Å². The molecule has 2 aromatic rings. The summed E-state index contributed by atoms with van der Waals surface area (Å²) in [7, 11) is 0. The Morgan fingerprint density at radius 1 is 1.03 bits per heavy atom. The first kappa shape index (κ1) is 22.8. The Labute approximate surface area is 193 Å². The van der Waals surface area contributed by atoms with E-state index in [0.29, 0.717) is 19.3 Å². The van der Waals surface area contributed by atoms with E-state index in [1.54, 1.807) is 13.8 Å². The maximum atomic E-state index is 13.0. The van der Waals surface area contributed by atoms with Crippen molar-refractivity contribution in [2.75, 3.05) is 6.61 Å². The van der Waals surface area contributed by atoms with E-state index in [4.69, 9.17) is 9.84 Å². The lowest BCUT2D eigenvalue weighted by molar-refractivity contribution is -0.138. The molecule has 0 spiro atoms. The highest BCUT2D eigenvalue weighted by molar-refractivity contribution is 5.91. The van der Waals surface area contributed by atoms with Gasteiger partial charge in [0.2, 0.25) is 5.91 Å². The Kier molecular flexibility index (Phi) is 6.15. The molecule has 0 heterocycles. The lowest BCUT2D eigenvalue weighted by Crippen LogP contribution is -2.65. The van der Waals surface area contributed by atoms with E-state index < -0.39 is 23.1 Å². The summed E-state index contributed by atoms with van der Waals surface area (Å²) in [6, 6.07) is 16.2. The van der Waals surface area contributed by atoms with Gasteiger partial charge < -0.3 is 20.5 Å². The molecule has 7 heteroatoms. The number of benzene rings is 2. The van der Waals surface area contributed by atoms with Crippen LogP contribution in [0.4, 0.5) is 4.79 Å². The molecule has 1 saturated carbocycles. The average molecular weight is 451 g/mol. The van der Waals surface area contributed by atoms with Gasteiger partial charge in [-0.05, 0) is 61.8 Å². The SMILES string of the molecule is CC(C)(CCC(=O)O)NC(=O)C1(NC(=O)OCC2c3ccccc3-c3ccccc32)CCC1. The molecule has 0 saturated heterocycles. The molecule has 1 fully saturated rings. The van der Waals surface area contributed by atoms with Crippen LogP contribution in [0.2, 0.25) is 0 Å². The highest BCUT2D eigenvalue weighted by atomic mass is 16.5. The van der Waals surface area contributed by atoms with Crippen molar-refractivity contribution in [3.05, 3.63) is 59.7 Å². The van der Waals surface area contributed by atoms with Crippen LogP contribution in [-0.4, -0.2) is 40.8 Å². The summed E-state index contributed by atoms with van der Waals surface area (Å²) in [5.74, 6) is -1.26. The number of carboxylic acids is 1.